The maximum atomic E-state index is 11.7. The average molecular weight is 298 g/mol. The normalized spacial score (nSPS) is 43.3. The molecule has 0 aromatic heterocycles. The Morgan fingerprint density at radius 3 is 2.48 bits per heavy atom. The van der Waals surface area contributed by atoms with E-state index in [0.717, 1.165) is 25.7 Å². The van der Waals surface area contributed by atoms with Crippen LogP contribution >= 0.6 is 0 Å². The highest BCUT2D eigenvalue weighted by atomic mass is 16.6. The molecule has 4 nitrogen and oxygen atoms in total. The van der Waals surface area contributed by atoms with Crippen molar-refractivity contribution in [2.24, 2.45) is 11.8 Å². The lowest BCUT2D eigenvalue weighted by atomic mass is 9.72. The molecule has 1 saturated carbocycles. The van der Waals surface area contributed by atoms with E-state index in [2.05, 4.69) is 6.92 Å². The molecule has 0 spiro atoms. The predicted molar refractivity (Wildman–Crippen MR) is 80.7 cm³/mol. The first kappa shape index (κ1) is 16.8. The van der Waals surface area contributed by atoms with Crippen LogP contribution in [0, 0.1) is 11.8 Å². The highest BCUT2D eigenvalue weighted by molar-refractivity contribution is 5.73. The van der Waals surface area contributed by atoms with Crippen molar-refractivity contribution < 1.29 is 19.7 Å². The standard InChI is InChI=1S/C17H30O4/c1-4-7-8-12-9-13(16(20,5-2)11-12)17(6-3)14(18)10-15(19)21-17/h12-14,18,20H,4-11H2,1-3H3. The summed E-state index contributed by atoms with van der Waals surface area (Å²) in [4.78, 5) is 11.7. The van der Waals surface area contributed by atoms with Crippen molar-refractivity contribution >= 4 is 5.97 Å². The van der Waals surface area contributed by atoms with Gasteiger partial charge in [0.15, 0.2) is 0 Å². The fourth-order valence-corrected chi connectivity index (χ4v) is 4.55. The van der Waals surface area contributed by atoms with Crippen molar-refractivity contribution in [1.82, 2.24) is 0 Å². The van der Waals surface area contributed by atoms with Crippen molar-refractivity contribution in [2.75, 3.05) is 0 Å². The van der Waals surface area contributed by atoms with Gasteiger partial charge in [0, 0.05) is 5.92 Å². The summed E-state index contributed by atoms with van der Waals surface area (Å²) in [5, 5.41) is 21.5. The molecule has 5 unspecified atom stereocenters. The van der Waals surface area contributed by atoms with Crippen LogP contribution in [0.15, 0.2) is 0 Å². The molecule has 2 fully saturated rings. The molecule has 0 bridgehead atoms. The summed E-state index contributed by atoms with van der Waals surface area (Å²) in [5.74, 6) is -0.0158. The van der Waals surface area contributed by atoms with Crippen LogP contribution < -0.4 is 0 Å². The minimum Gasteiger partial charge on any atom is -0.456 e. The first-order valence-corrected chi connectivity index (χ1v) is 8.54. The number of hydrogen-bond acceptors (Lipinski definition) is 4. The summed E-state index contributed by atoms with van der Waals surface area (Å²) in [6.07, 6.45) is 5.52. The summed E-state index contributed by atoms with van der Waals surface area (Å²) in [5.41, 5.74) is -1.71. The van der Waals surface area contributed by atoms with E-state index < -0.39 is 17.3 Å². The van der Waals surface area contributed by atoms with E-state index in [4.69, 9.17) is 4.74 Å². The van der Waals surface area contributed by atoms with Crippen LogP contribution in [0.25, 0.3) is 0 Å². The van der Waals surface area contributed by atoms with Crippen LogP contribution in [0.1, 0.15) is 72.1 Å². The van der Waals surface area contributed by atoms with Gasteiger partial charge in [-0.2, -0.15) is 0 Å². The molecule has 1 aliphatic heterocycles. The fourth-order valence-electron chi connectivity index (χ4n) is 4.55. The van der Waals surface area contributed by atoms with Gasteiger partial charge in [-0.15, -0.1) is 0 Å². The fraction of sp³-hybridized carbons (Fsp3) is 0.941. The Kier molecular flexibility index (Phi) is 4.99. The summed E-state index contributed by atoms with van der Waals surface area (Å²) in [6, 6.07) is 0. The lowest BCUT2D eigenvalue weighted by Crippen LogP contribution is -2.53. The third kappa shape index (κ3) is 2.85. The van der Waals surface area contributed by atoms with E-state index in [1.54, 1.807) is 0 Å². The zero-order valence-corrected chi connectivity index (χ0v) is 13.6. The van der Waals surface area contributed by atoms with Crippen molar-refractivity contribution in [2.45, 2.75) is 89.4 Å². The Bertz CT molecular complexity index is 383. The third-order valence-electron chi connectivity index (χ3n) is 5.81. The summed E-state index contributed by atoms with van der Waals surface area (Å²) >= 11 is 0. The van der Waals surface area contributed by atoms with E-state index in [1.165, 1.54) is 6.42 Å². The van der Waals surface area contributed by atoms with Crippen molar-refractivity contribution in [1.29, 1.82) is 0 Å². The molecule has 0 aromatic rings. The number of esters is 1. The summed E-state index contributed by atoms with van der Waals surface area (Å²) < 4.78 is 5.60. The molecule has 2 rings (SSSR count). The molecule has 2 aliphatic rings. The van der Waals surface area contributed by atoms with Crippen LogP contribution in [0.5, 0.6) is 0 Å². The quantitative estimate of drug-likeness (QED) is 0.740. The Labute approximate surface area is 127 Å². The molecule has 2 N–H and O–H groups in total. The van der Waals surface area contributed by atoms with Crippen LogP contribution in [-0.4, -0.2) is 33.5 Å². The van der Waals surface area contributed by atoms with Gasteiger partial charge in [0.05, 0.1) is 12.0 Å². The number of hydrogen-bond donors (Lipinski definition) is 2. The van der Waals surface area contributed by atoms with Crippen molar-refractivity contribution in [3.05, 3.63) is 0 Å². The molecule has 122 valence electrons. The molecule has 0 radical (unpaired) electrons. The molecular weight excluding hydrogens is 268 g/mol. The van der Waals surface area contributed by atoms with Gasteiger partial charge in [0.1, 0.15) is 11.7 Å². The molecule has 21 heavy (non-hydrogen) atoms. The lowest BCUT2D eigenvalue weighted by Gasteiger charge is -2.42. The summed E-state index contributed by atoms with van der Waals surface area (Å²) in [7, 11) is 0. The van der Waals surface area contributed by atoms with Crippen LogP contribution in [-0.2, 0) is 9.53 Å². The first-order chi connectivity index (χ1) is 9.91. The second-order valence-electron chi connectivity index (χ2n) is 6.96. The van der Waals surface area contributed by atoms with E-state index in [0.29, 0.717) is 18.8 Å². The largest absolute Gasteiger partial charge is 0.456 e. The van der Waals surface area contributed by atoms with Gasteiger partial charge in [-0.25, -0.2) is 0 Å². The van der Waals surface area contributed by atoms with E-state index >= 15 is 0 Å². The molecule has 1 heterocycles. The minimum atomic E-state index is -0.886. The zero-order chi connectivity index (χ0) is 15.7. The van der Waals surface area contributed by atoms with Gasteiger partial charge < -0.3 is 14.9 Å². The van der Waals surface area contributed by atoms with Crippen molar-refractivity contribution in [3.8, 4) is 0 Å². The first-order valence-electron chi connectivity index (χ1n) is 8.54. The highest BCUT2D eigenvalue weighted by Gasteiger charge is 2.61. The molecule has 0 aromatic carbocycles. The van der Waals surface area contributed by atoms with Gasteiger partial charge in [-0.1, -0.05) is 40.0 Å². The molecule has 0 amide bonds. The van der Waals surface area contributed by atoms with Crippen LogP contribution in [0.4, 0.5) is 0 Å². The molecule has 1 saturated heterocycles. The van der Waals surface area contributed by atoms with Crippen LogP contribution in [0.3, 0.4) is 0 Å². The van der Waals surface area contributed by atoms with Gasteiger partial charge in [-0.05, 0) is 31.6 Å². The number of carbonyl (C=O) groups is 1. The number of unbranched alkanes of at least 4 members (excludes halogenated alkanes) is 1. The van der Waals surface area contributed by atoms with E-state index in [9.17, 15) is 15.0 Å². The lowest BCUT2D eigenvalue weighted by molar-refractivity contribution is -0.175. The SMILES string of the molecule is CCCCC1CC(C2(CC)OC(=O)CC2O)C(O)(CC)C1. The molecule has 5 atom stereocenters. The minimum absolute atomic E-state index is 0.0593. The number of carbonyl (C=O) groups excluding carboxylic acids is 1. The van der Waals surface area contributed by atoms with Gasteiger partial charge in [0.25, 0.3) is 0 Å². The average Bonchev–Trinajstić information content (AvgIpc) is 2.94. The Hall–Kier alpha value is -0.610. The number of aliphatic hydroxyl groups is 2. The Morgan fingerprint density at radius 1 is 1.29 bits per heavy atom. The zero-order valence-electron chi connectivity index (χ0n) is 13.6. The second kappa shape index (κ2) is 6.25. The highest BCUT2D eigenvalue weighted by Crippen LogP contribution is 2.53. The number of aliphatic hydroxyl groups excluding tert-OH is 1. The van der Waals surface area contributed by atoms with E-state index in [-0.39, 0.29) is 18.3 Å². The number of ether oxygens (including phenoxy) is 1. The molecule has 4 heteroatoms. The van der Waals surface area contributed by atoms with Gasteiger partial charge in [0.2, 0.25) is 0 Å². The van der Waals surface area contributed by atoms with Crippen molar-refractivity contribution in [3.63, 3.8) is 0 Å². The second-order valence-corrected chi connectivity index (χ2v) is 6.96. The molecule has 1 aliphatic carbocycles. The third-order valence-corrected chi connectivity index (χ3v) is 5.81. The Balaban J connectivity index is 2.24. The van der Waals surface area contributed by atoms with E-state index in [1.807, 2.05) is 13.8 Å². The maximum Gasteiger partial charge on any atom is 0.309 e. The monoisotopic (exact) mass is 298 g/mol. The smallest absolute Gasteiger partial charge is 0.309 e. The number of cyclic esters (lactones) is 1. The maximum absolute atomic E-state index is 11.7. The van der Waals surface area contributed by atoms with Gasteiger partial charge in [-0.3, -0.25) is 4.79 Å². The summed E-state index contributed by atoms with van der Waals surface area (Å²) in [6.45, 7) is 6.10. The Morgan fingerprint density at radius 2 is 2.00 bits per heavy atom. The van der Waals surface area contributed by atoms with Gasteiger partial charge >= 0.3 is 5.97 Å². The topological polar surface area (TPSA) is 66.8 Å². The van der Waals surface area contributed by atoms with Crippen LogP contribution in [0.2, 0.25) is 0 Å². The molecular formula is C17H30O4. The number of rotatable bonds is 6. The predicted octanol–water partition coefficient (Wildman–Crippen LogP) is 2.80.